The van der Waals surface area contributed by atoms with Crippen LogP contribution in [-0.2, 0) is 16.2 Å². The minimum Gasteiger partial charge on any atom is -0.497 e. The van der Waals surface area contributed by atoms with Crippen LogP contribution in [0.3, 0.4) is 0 Å². The maximum atomic E-state index is 12.0. The van der Waals surface area contributed by atoms with Gasteiger partial charge in [-0.2, -0.15) is 10.4 Å². The summed E-state index contributed by atoms with van der Waals surface area (Å²) >= 11 is 3.46. The van der Waals surface area contributed by atoms with Gasteiger partial charge in [0, 0.05) is 24.1 Å². The largest absolute Gasteiger partial charge is 0.497 e. The zero-order chi connectivity index (χ0) is 25.0. The van der Waals surface area contributed by atoms with E-state index in [9.17, 15) is 14.9 Å². The smallest absolute Gasteiger partial charge is 0.240 e. The van der Waals surface area contributed by atoms with Crippen molar-refractivity contribution in [2.24, 2.45) is 5.10 Å². The van der Waals surface area contributed by atoms with Crippen LogP contribution in [-0.4, -0.2) is 25.1 Å². The fraction of sp³-hybridized carbons (Fsp3) is 0.154. The van der Waals surface area contributed by atoms with Crippen molar-refractivity contribution in [3.63, 3.8) is 0 Å². The van der Waals surface area contributed by atoms with E-state index in [4.69, 9.17) is 9.47 Å². The number of halogens is 1. The summed E-state index contributed by atoms with van der Waals surface area (Å²) in [5, 5.41) is 15.8. The van der Waals surface area contributed by atoms with Crippen molar-refractivity contribution in [2.45, 2.75) is 19.4 Å². The SMILES string of the molecule is COc1ccc(NC(=O)CCC(=O)NN=Cc2ccc(OCc3ccccc3C#N)c(Br)c2)cc1. The number of nitrogens with one attached hydrogen (secondary N) is 2. The number of rotatable bonds is 10. The van der Waals surface area contributed by atoms with E-state index < -0.39 is 0 Å². The highest BCUT2D eigenvalue weighted by molar-refractivity contribution is 9.10. The summed E-state index contributed by atoms with van der Waals surface area (Å²) in [5.74, 6) is 0.658. The molecule has 3 rings (SSSR count). The molecule has 0 aliphatic rings. The number of nitrogens with zero attached hydrogens (tertiary/aromatic N) is 2. The quantitative estimate of drug-likeness (QED) is 0.287. The van der Waals surface area contributed by atoms with Crippen LogP contribution in [0.4, 0.5) is 5.69 Å². The number of ether oxygens (including phenoxy) is 2. The van der Waals surface area contributed by atoms with Gasteiger partial charge >= 0.3 is 0 Å². The maximum Gasteiger partial charge on any atom is 0.240 e. The lowest BCUT2D eigenvalue weighted by Crippen LogP contribution is -2.20. The topological polar surface area (TPSA) is 113 Å². The summed E-state index contributed by atoms with van der Waals surface area (Å²) < 4.78 is 11.6. The van der Waals surface area contributed by atoms with Crippen LogP contribution < -0.4 is 20.2 Å². The van der Waals surface area contributed by atoms with Gasteiger partial charge in [0.05, 0.1) is 29.4 Å². The first-order chi connectivity index (χ1) is 17.0. The second-order valence-corrected chi connectivity index (χ2v) is 8.17. The Morgan fingerprint density at radius 2 is 1.80 bits per heavy atom. The second-order valence-electron chi connectivity index (χ2n) is 7.32. The van der Waals surface area contributed by atoms with E-state index in [0.717, 1.165) is 11.1 Å². The van der Waals surface area contributed by atoms with Gasteiger partial charge in [-0.05, 0) is 70.0 Å². The van der Waals surface area contributed by atoms with Crippen LogP contribution in [0.25, 0.3) is 0 Å². The van der Waals surface area contributed by atoms with Gasteiger partial charge < -0.3 is 14.8 Å². The number of carbonyl (C=O) groups is 2. The number of hydrazone groups is 1. The molecule has 2 amide bonds. The minimum absolute atomic E-state index is 0.0000282. The molecule has 0 heterocycles. The summed E-state index contributed by atoms with van der Waals surface area (Å²) in [4.78, 5) is 24.0. The highest BCUT2D eigenvalue weighted by Crippen LogP contribution is 2.26. The molecule has 2 N–H and O–H groups in total. The Kier molecular flexibility index (Phi) is 9.39. The summed E-state index contributed by atoms with van der Waals surface area (Å²) in [6.45, 7) is 0.262. The predicted molar refractivity (Wildman–Crippen MR) is 136 cm³/mol. The molecule has 0 unspecified atom stereocenters. The van der Waals surface area contributed by atoms with Crippen molar-refractivity contribution in [2.75, 3.05) is 12.4 Å². The third kappa shape index (κ3) is 7.98. The van der Waals surface area contributed by atoms with E-state index in [-0.39, 0.29) is 31.3 Å². The second kappa shape index (κ2) is 12.9. The molecule has 0 aliphatic heterocycles. The van der Waals surface area contributed by atoms with Crippen LogP contribution >= 0.6 is 15.9 Å². The Balaban J connectivity index is 1.43. The lowest BCUT2D eigenvalue weighted by Gasteiger charge is -2.10. The van der Waals surface area contributed by atoms with Gasteiger partial charge in [-0.3, -0.25) is 9.59 Å². The highest BCUT2D eigenvalue weighted by atomic mass is 79.9. The number of anilines is 1. The summed E-state index contributed by atoms with van der Waals surface area (Å²) in [5.41, 5.74) is 5.15. The summed E-state index contributed by atoms with van der Waals surface area (Å²) in [6.07, 6.45) is 1.52. The lowest BCUT2D eigenvalue weighted by molar-refractivity contribution is -0.124. The number of carbonyl (C=O) groups excluding carboxylic acids is 2. The van der Waals surface area contributed by atoms with Crippen LogP contribution in [0, 0.1) is 11.3 Å². The Morgan fingerprint density at radius 1 is 1.06 bits per heavy atom. The standard InChI is InChI=1S/C26H23BrN4O4/c1-34-22-9-7-21(8-10-22)30-25(32)12-13-26(33)31-29-16-18-6-11-24(23(27)14-18)35-17-20-5-3-2-4-19(20)15-28/h2-11,14,16H,12-13,17H2,1H3,(H,30,32)(H,31,33). The lowest BCUT2D eigenvalue weighted by atomic mass is 10.1. The van der Waals surface area contributed by atoms with E-state index in [1.807, 2.05) is 18.2 Å². The van der Waals surface area contributed by atoms with Crippen molar-refractivity contribution < 1.29 is 19.1 Å². The molecule has 0 aliphatic carbocycles. The van der Waals surface area contributed by atoms with Crippen molar-refractivity contribution in [1.82, 2.24) is 5.43 Å². The van der Waals surface area contributed by atoms with Crippen molar-refractivity contribution in [3.05, 3.63) is 87.9 Å². The molecule has 0 radical (unpaired) electrons. The fourth-order valence-corrected chi connectivity index (χ4v) is 3.50. The Hall–Kier alpha value is -4.16. The van der Waals surface area contributed by atoms with Crippen LogP contribution in [0.1, 0.15) is 29.5 Å². The zero-order valence-electron chi connectivity index (χ0n) is 19.0. The molecular formula is C26H23BrN4O4. The first kappa shape index (κ1) is 25.5. The number of benzene rings is 3. The minimum atomic E-state index is -0.374. The van der Waals surface area contributed by atoms with Gasteiger partial charge in [-0.1, -0.05) is 18.2 Å². The molecule has 0 fully saturated rings. The van der Waals surface area contributed by atoms with E-state index in [1.165, 1.54) is 6.21 Å². The number of methoxy groups -OCH3 is 1. The molecule has 178 valence electrons. The van der Waals surface area contributed by atoms with Crippen LogP contribution in [0.2, 0.25) is 0 Å². The average molecular weight is 535 g/mol. The van der Waals surface area contributed by atoms with Crippen LogP contribution in [0.5, 0.6) is 11.5 Å². The third-order valence-corrected chi connectivity index (χ3v) is 5.45. The molecule has 0 spiro atoms. The molecule has 0 bridgehead atoms. The molecule has 0 aromatic heterocycles. The predicted octanol–water partition coefficient (Wildman–Crippen LogP) is 4.78. The van der Waals surface area contributed by atoms with Gasteiger partial charge in [0.15, 0.2) is 0 Å². The van der Waals surface area contributed by atoms with Crippen molar-refractivity contribution >= 4 is 39.6 Å². The fourth-order valence-electron chi connectivity index (χ4n) is 2.98. The molecular weight excluding hydrogens is 512 g/mol. The Labute approximate surface area is 211 Å². The highest BCUT2D eigenvalue weighted by Gasteiger charge is 2.08. The van der Waals surface area contributed by atoms with Crippen molar-refractivity contribution in [1.29, 1.82) is 5.26 Å². The first-order valence-corrected chi connectivity index (χ1v) is 11.4. The molecule has 0 atom stereocenters. The molecule has 3 aromatic carbocycles. The average Bonchev–Trinajstić information content (AvgIpc) is 2.87. The normalized spacial score (nSPS) is 10.4. The van der Waals surface area contributed by atoms with E-state index in [2.05, 4.69) is 37.8 Å². The van der Waals surface area contributed by atoms with E-state index in [0.29, 0.717) is 27.2 Å². The number of nitriles is 1. The Morgan fingerprint density at radius 3 is 2.51 bits per heavy atom. The zero-order valence-corrected chi connectivity index (χ0v) is 20.5. The number of hydrogen-bond acceptors (Lipinski definition) is 6. The van der Waals surface area contributed by atoms with E-state index >= 15 is 0 Å². The third-order valence-electron chi connectivity index (χ3n) is 4.83. The molecule has 9 heteroatoms. The summed E-state index contributed by atoms with van der Waals surface area (Å²) in [7, 11) is 1.57. The first-order valence-electron chi connectivity index (χ1n) is 10.6. The van der Waals surface area contributed by atoms with Crippen LogP contribution in [0.15, 0.2) is 76.3 Å². The van der Waals surface area contributed by atoms with Gasteiger partial charge in [0.1, 0.15) is 18.1 Å². The van der Waals surface area contributed by atoms with Gasteiger partial charge in [0.25, 0.3) is 0 Å². The molecule has 0 saturated carbocycles. The van der Waals surface area contributed by atoms with E-state index in [1.54, 1.807) is 55.6 Å². The Bertz CT molecular complexity index is 1250. The van der Waals surface area contributed by atoms with Crippen molar-refractivity contribution in [3.8, 4) is 17.6 Å². The number of amides is 2. The molecule has 3 aromatic rings. The summed E-state index contributed by atoms with van der Waals surface area (Å²) in [6, 6.07) is 21.7. The molecule has 0 saturated heterocycles. The van der Waals surface area contributed by atoms with Gasteiger partial charge in [-0.15, -0.1) is 0 Å². The van der Waals surface area contributed by atoms with Gasteiger partial charge in [-0.25, -0.2) is 5.43 Å². The van der Waals surface area contributed by atoms with Gasteiger partial charge in [0.2, 0.25) is 11.8 Å². The molecule has 35 heavy (non-hydrogen) atoms. The molecule has 8 nitrogen and oxygen atoms in total. The maximum absolute atomic E-state index is 12.0. The number of hydrogen-bond donors (Lipinski definition) is 2. The monoisotopic (exact) mass is 534 g/mol.